The van der Waals surface area contributed by atoms with Crippen molar-refractivity contribution >= 4 is 5.69 Å². The second kappa shape index (κ2) is 4.65. The maximum absolute atomic E-state index is 9.16. The van der Waals surface area contributed by atoms with E-state index in [2.05, 4.69) is 62.9 Å². The summed E-state index contributed by atoms with van der Waals surface area (Å²) < 4.78 is 0. The predicted molar refractivity (Wildman–Crippen MR) is 75.7 cm³/mol. The average molecular weight is 242 g/mol. The highest BCUT2D eigenvalue weighted by molar-refractivity contribution is 5.58. The molecule has 18 heavy (non-hydrogen) atoms. The summed E-state index contributed by atoms with van der Waals surface area (Å²) in [5, 5.41) is 9.16. The van der Waals surface area contributed by atoms with Crippen molar-refractivity contribution in [1.29, 1.82) is 5.26 Å². The van der Waals surface area contributed by atoms with Crippen molar-refractivity contribution in [3.8, 4) is 6.07 Å². The van der Waals surface area contributed by atoms with E-state index in [-0.39, 0.29) is 11.5 Å². The molecule has 1 atom stereocenters. The number of nitriles is 1. The van der Waals surface area contributed by atoms with Crippen LogP contribution in [-0.4, -0.2) is 12.1 Å². The first-order valence-electron chi connectivity index (χ1n) is 6.72. The SMILES string of the molecule is CC(C)c1ccccc1N1CC(C#N)CC1(C)C. The Bertz CT molecular complexity index is 468. The molecule has 2 rings (SSSR count). The molecular formula is C16H22N2. The second-order valence-electron chi connectivity index (χ2n) is 6.17. The van der Waals surface area contributed by atoms with Crippen molar-refractivity contribution in [2.24, 2.45) is 5.92 Å². The van der Waals surface area contributed by atoms with Gasteiger partial charge in [0, 0.05) is 17.8 Å². The molecule has 1 saturated heterocycles. The summed E-state index contributed by atoms with van der Waals surface area (Å²) in [7, 11) is 0. The van der Waals surface area contributed by atoms with Crippen molar-refractivity contribution in [3.63, 3.8) is 0 Å². The lowest BCUT2D eigenvalue weighted by Crippen LogP contribution is -2.38. The van der Waals surface area contributed by atoms with Crippen LogP contribution in [0.5, 0.6) is 0 Å². The van der Waals surface area contributed by atoms with Crippen molar-refractivity contribution in [2.75, 3.05) is 11.4 Å². The van der Waals surface area contributed by atoms with Gasteiger partial charge >= 0.3 is 0 Å². The van der Waals surface area contributed by atoms with Crippen LogP contribution in [0.25, 0.3) is 0 Å². The summed E-state index contributed by atoms with van der Waals surface area (Å²) in [6, 6.07) is 11.0. The van der Waals surface area contributed by atoms with Gasteiger partial charge in [-0.3, -0.25) is 0 Å². The van der Waals surface area contributed by atoms with Gasteiger partial charge in [0.2, 0.25) is 0 Å². The summed E-state index contributed by atoms with van der Waals surface area (Å²) in [5.74, 6) is 0.665. The van der Waals surface area contributed by atoms with E-state index in [4.69, 9.17) is 5.26 Å². The Hall–Kier alpha value is -1.49. The summed E-state index contributed by atoms with van der Waals surface area (Å²) >= 11 is 0. The lowest BCUT2D eigenvalue weighted by Gasteiger charge is -2.35. The Balaban J connectivity index is 2.41. The number of hydrogen-bond acceptors (Lipinski definition) is 2. The van der Waals surface area contributed by atoms with Crippen LogP contribution in [0, 0.1) is 17.2 Å². The maximum atomic E-state index is 9.16. The van der Waals surface area contributed by atoms with E-state index in [1.807, 2.05) is 0 Å². The molecule has 1 aromatic carbocycles. The van der Waals surface area contributed by atoms with E-state index in [1.165, 1.54) is 11.3 Å². The normalized spacial score (nSPS) is 22.2. The fourth-order valence-corrected chi connectivity index (χ4v) is 2.98. The summed E-state index contributed by atoms with van der Waals surface area (Å²) in [5.41, 5.74) is 2.75. The van der Waals surface area contributed by atoms with Crippen LogP contribution in [0.15, 0.2) is 24.3 Å². The van der Waals surface area contributed by atoms with Gasteiger partial charge in [-0.05, 0) is 37.8 Å². The van der Waals surface area contributed by atoms with Gasteiger partial charge in [-0.25, -0.2) is 0 Å². The second-order valence-corrected chi connectivity index (χ2v) is 6.17. The minimum absolute atomic E-state index is 0.0748. The third kappa shape index (κ3) is 2.22. The Morgan fingerprint density at radius 1 is 1.33 bits per heavy atom. The molecule has 0 amide bonds. The number of benzene rings is 1. The quantitative estimate of drug-likeness (QED) is 0.785. The van der Waals surface area contributed by atoms with E-state index in [0.717, 1.165) is 13.0 Å². The number of nitrogens with zero attached hydrogens (tertiary/aromatic N) is 2. The topological polar surface area (TPSA) is 27.0 Å². The van der Waals surface area contributed by atoms with Crippen molar-refractivity contribution in [1.82, 2.24) is 0 Å². The Morgan fingerprint density at radius 2 is 2.00 bits per heavy atom. The number of hydrogen-bond donors (Lipinski definition) is 0. The lowest BCUT2D eigenvalue weighted by molar-refractivity contribution is 0.501. The zero-order valence-electron chi connectivity index (χ0n) is 11.8. The molecular weight excluding hydrogens is 220 g/mol. The summed E-state index contributed by atoms with van der Waals surface area (Å²) in [6.45, 7) is 9.78. The van der Waals surface area contributed by atoms with E-state index in [1.54, 1.807) is 0 Å². The number of anilines is 1. The standard InChI is InChI=1S/C16H22N2/c1-12(2)14-7-5-6-8-15(14)18-11-13(10-17)9-16(18,3)4/h5-8,12-13H,9,11H2,1-4H3. The minimum Gasteiger partial charge on any atom is -0.365 e. The molecule has 1 aromatic rings. The fraction of sp³-hybridized carbons (Fsp3) is 0.562. The van der Waals surface area contributed by atoms with Gasteiger partial charge < -0.3 is 4.90 Å². The highest BCUT2D eigenvalue weighted by Crippen LogP contribution is 2.39. The van der Waals surface area contributed by atoms with Gasteiger partial charge in [0.05, 0.1) is 12.0 Å². The van der Waals surface area contributed by atoms with Crippen molar-refractivity contribution < 1.29 is 0 Å². The molecule has 0 aliphatic carbocycles. The third-order valence-electron chi connectivity index (χ3n) is 3.91. The van der Waals surface area contributed by atoms with E-state index in [0.29, 0.717) is 5.92 Å². The molecule has 0 spiro atoms. The molecule has 1 heterocycles. The largest absolute Gasteiger partial charge is 0.365 e. The first kappa shape index (κ1) is 13.0. The van der Waals surface area contributed by atoms with Gasteiger partial charge in [-0.1, -0.05) is 32.0 Å². The zero-order chi connectivity index (χ0) is 13.3. The van der Waals surface area contributed by atoms with E-state index >= 15 is 0 Å². The Morgan fingerprint density at radius 3 is 2.56 bits per heavy atom. The van der Waals surface area contributed by atoms with E-state index < -0.39 is 0 Å². The van der Waals surface area contributed by atoms with Gasteiger partial charge in [0.15, 0.2) is 0 Å². The third-order valence-corrected chi connectivity index (χ3v) is 3.91. The van der Waals surface area contributed by atoms with Gasteiger partial charge in [0.25, 0.3) is 0 Å². The average Bonchev–Trinajstić information content (AvgIpc) is 2.64. The lowest BCUT2D eigenvalue weighted by atomic mass is 9.95. The Labute approximate surface area is 110 Å². The first-order valence-corrected chi connectivity index (χ1v) is 6.72. The molecule has 1 aliphatic rings. The molecule has 2 heteroatoms. The summed E-state index contributed by atoms with van der Waals surface area (Å²) in [4.78, 5) is 2.41. The van der Waals surface area contributed by atoms with Crippen LogP contribution in [0.4, 0.5) is 5.69 Å². The highest BCUT2D eigenvalue weighted by Gasteiger charge is 2.39. The van der Waals surface area contributed by atoms with Gasteiger partial charge in [-0.2, -0.15) is 5.26 Å². The smallest absolute Gasteiger partial charge is 0.0675 e. The van der Waals surface area contributed by atoms with Crippen molar-refractivity contribution in [3.05, 3.63) is 29.8 Å². The maximum Gasteiger partial charge on any atom is 0.0675 e. The fourth-order valence-electron chi connectivity index (χ4n) is 2.98. The molecule has 0 N–H and O–H groups in total. The Kier molecular flexibility index (Phi) is 3.34. The van der Waals surface area contributed by atoms with Crippen LogP contribution in [-0.2, 0) is 0 Å². The van der Waals surface area contributed by atoms with Crippen molar-refractivity contribution in [2.45, 2.75) is 45.6 Å². The van der Waals surface area contributed by atoms with Crippen LogP contribution >= 0.6 is 0 Å². The first-order chi connectivity index (χ1) is 8.45. The molecule has 0 bridgehead atoms. The molecule has 1 aliphatic heterocycles. The van der Waals surface area contributed by atoms with Gasteiger partial charge in [-0.15, -0.1) is 0 Å². The monoisotopic (exact) mass is 242 g/mol. The molecule has 2 nitrogen and oxygen atoms in total. The number of rotatable bonds is 2. The molecule has 0 aromatic heterocycles. The van der Waals surface area contributed by atoms with Crippen LogP contribution < -0.4 is 4.90 Å². The van der Waals surface area contributed by atoms with Crippen LogP contribution in [0.1, 0.15) is 45.6 Å². The summed E-state index contributed by atoms with van der Waals surface area (Å²) in [6.07, 6.45) is 0.954. The van der Waals surface area contributed by atoms with Crippen LogP contribution in [0.3, 0.4) is 0 Å². The molecule has 0 saturated carbocycles. The molecule has 96 valence electrons. The predicted octanol–water partition coefficient (Wildman–Crippen LogP) is 3.94. The molecule has 0 radical (unpaired) electrons. The van der Waals surface area contributed by atoms with Gasteiger partial charge in [0.1, 0.15) is 0 Å². The van der Waals surface area contributed by atoms with E-state index in [9.17, 15) is 0 Å². The zero-order valence-corrected chi connectivity index (χ0v) is 11.8. The highest BCUT2D eigenvalue weighted by atomic mass is 15.2. The molecule has 1 unspecified atom stereocenters. The van der Waals surface area contributed by atoms with Crippen LogP contribution in [0.2, 0.25) is 0 Å². The molecule has 1 fully saturated rings. The number of para-hydroxylation sites is 1. The minimum atomic E-state index is 0.0748.